The predicted molar refractivity (Wildman–Crippen MR) is 97.7 cm³/mol. The van der Waals surface area contributed by atoms with Gasteiger partial charge in [-0.15, -0.1) is 0 Å². The van der Waals surface area contributed by atoms with Gasteiger partial charge in [0.1, 0.15) is 5.82 Å². The third-order valence-electron chi connectivity index (χ3n) is 4.66. The second kappa shape index (κ2) is 7.00. The topological polar surface area (TPSA) is 75.4 Å². The highest BCUT2D eigenvalue weighted by atomic mass is 16.3. The van der Waals surface area contributed by atoms with Crippen molar-refractivity contribution in [2.75, 3.05) is 18.4 Å². The van der Waals surface area contributed by atoms with Crippen LogP contribution in [0.4, 0.5) is 5.82 Å². The minimum absolute atomic E-state index is 0.107. The molecule has 4 rings (SSSR count). The molecule has 6 nitrogen and oxygen atoms in total. The zero-order valence-corrected chi connectivity index (χ0v) is 14.2. The van der Waals surface area contributed by atoms with Crippen LogP contribution in [0.1, 0.15) is 23.4 Å². The third-order valence-corrected chi connectivity index (χ3v) is 4.66. The molecule has 1 aliphatic rings. The smallest absolute Gasteiger partial charge is 0.289 e. The van der Waals surface area contributed by atoms with Gasteiger partial charge in [0.05, 0.1) is 17.7 Å². The molecule has 6 heteroatoms. The molecule has 3 heterocycles. The maximum atomic E-state index is 12.6. The Morgan fingerprint density at radius 1 is 1.12 bits per heavy atom. The number of anilines is 1. The number of amides is 2. The fourth-order valence-corrected chi connectivity index (χ4v) is 3.30. The van der Waals surface area contributed by atoms with Crippen molar-refractivity contribution in [2.24, 2.45) is 5.92 Å². The number of hydrogen-bond acceptors (Lipinski definition) is 4. The lowest BCUT2D eigenvalue weighted by atomic mass is 9.97. The lowest BCUT2D eigenvalue weighted by Gasteiger charge is -2.31. The van der Waals surface area contributed by atoms with E-state index in [0.717, 1.165) is 23.7 Å². The van der Waals surface area contributed by atoms with E-state index >= 15 is 0 Å². The first-order chi connectivity index (χ1) is 12.7. The largest absolute Gasteiger partial charge is 0.459 e. The van der Waals surface area contributed by atoms with E-state index in [-0.39, 0.29) is 17.7 Å². The standard InChI is InChI=1S/C20H19N3O3/c24-19(22-18-10-9-14-5-1-2-7-16(14)21-18)15-6-3-11-23(13-15)20(25)17-8-4-12-26-17/h1-2,4-5,7-10,12,15H,3,6,11,13H2,(H,21,22,24). The number of furan rings is 1. The van der Waals surface area contributed by atoms with Gasteiger partial charge in [0, 0.05) is 18.5 Å². The van der Waals surface area contributed by atoms with Gasteiger partial charge in [-0.25, -0.2) is 4.98 Å². The molecule has 0 saturated carbocycles. The van der Waals surface area contributed by atoms with Gasteiger partial charge < -0.3 is 14.6 Å². The van der Waals surface area contributed by atoms with Gasteiger partial charge in [-0.05, 0) is 43.2 Å². The number of rotatable bonds is 3. The van der Waals surface area contributed by atoms with Gasteiger partial charge in [0.25, 0.3) is 5.91 Å². The summed E-state index contributed by atoms with van der Waals surface area (Å²) in [6.45, 7) is 1.02. The zero-order valence-electron chi connectivity index (χ0n) is 14.2. The summed E-state index contributed by atoms with van der Waals surface area (Å²) >= 11 is 0. The Labute approximate surface area is 150 Å². The maximum Gasteiger partial charge on any atom is 0.289 e. The van der Waals surface area contributed by atoms with Crippen LogP contribution >= 0.6 is 0 Å². The number of nitrogens with zero attached hydrogens (tertiary/aromatic N) is 2. The molecule has 0 bridgehead atoms. The Balaban J connectivity index is 1.44. The summed E-state index contributed by atoms with van der Waals surface area (Å²) in [6.07, 6.45) is 3.02. The van der Waals surface area contributed by atoms with Gasteiger partial charge in [-0.1, -0.05) is 18.2 Å². The molecule has 1 saturated heterocycles. The SMILES string of the molecule is O=C(Nc1ccc2ccccc2n1)C1CCCN(C(=O)c2ccco2)C1. The number of para-hydroxylation sites is 1. The molecule has 3 aromatic rings. The van der Waals surface area contributed by atoms with E-state index in [2.05, 4.69) is 10.3 Å². The molecule has 2 aromatic heterocycles. The third kappa shape index (κ3) is 3.31. The Morgan fingerprint density at radius 2 is 2.00 bits per heavy atom. The second-order valence-corrected chi connectivity index (χ2v) is 6.45. The van der Waals surface area contributed by atoms with Crippen LogP contribution in [0.5, 0.6) is 0 Å². The zero-order chi connectivity index (χ0) is 17.9. The average molecular weight is 349 g/mol. The van der Waals surface area contributed by atoms with E-state index < -0.39 is 0 Å². The maximum absolute atomic E-state index is 12.6. The van der Waals surface area contributed by atoms with E-state index in [4.69, 9.17) is 4.42 Å². The molecule has 1 fully saturated rings. The average Bonchev–Trinajstić information content (AvgIpc) is 3.22. The molecular formula is C20H19N3O3. The summed E-state index contributed by atoms with van der Waals surface area (Å²) in [5.41, 5.74) is 0.837. The molecule has 26 heavy (non-hydrogen) atoms. The van der Waals surface area contributed by atoms with Crippen LogP contribution < -0.4 is 5.32 Å². The fourth-order valence-electron chi connectivity index (χ4n) is 3.30. The second-order valence-electron chi connectivity index (χ2n) is 6.45. The Morgan fingerprint density at radius 3 is 2.85 bits per heavy atom. The van der Waals surface area contributed by atoms with Crippen molar-refractivity contribution in [3.05, 3.63) is 60.6 Å². The molecule has 0 spiro atoms. The fraction of sp³-hybridized carbons (Fsp3) is 0.250. The van der Waals surface area contributed by atoms with E-state index in [1.54, 1.807) is 23.1 Å². The van der Waals surface area contributed by atoms with Crippen LogP contribution in [-0.2, 0) is 4.79 Å². The Bertz CT molecular complexity index is 936. The summed E-state index contributed by atoms with van der Waals surface area (Å²) in [5.74, 6) is 0.308. The molecule has 1 aromatic carbocycles. The molecule has 1 N–H and O–H groups in total. The number of piperidine rings is 1. The number of nitrogens with one attached hydrogen (secondary N) is 1. The van der Waals surface area contributed by atoms with Gasteiger partial charge >= 0.3 is 0 Å². The molecule has 1 unspecified atom stereocenters. The molecule has 2 amide bonds. The summed E-state index contributed by atoms with van der Waals surface area (Å²) < 4.78 is 5.18. The van der Waals surface area contributed by atoms with Crippen LogP contribution in [0.2, 0.25) is 0 Å². The number of fused-ring (bicyclic) bond motifs is 1. The summed E-state index contributed by atoms with van der Waals surface area (Å²) in [5, 5.41) is 3.91. The van der Waals surface area contributed by atoms with Crippen molar-refractivity contribution < 1.29 is 14.0 Å². The number of benzene rings is 1. The molecule has 1 aliphatic heterocycles. The van der Waals surface area contributed by atoms with E-state index in [1.165, 1.54) is 6.26 Å². The van der Waals surface area contributed by atoms with Crippen LogP contribution in [0.3, 0.4) is 0 Å². The minimum atomic E-state index is -0.254. The van der Waals surface area contributed by atoms with Gasteiger partial charge in [0.2, 0.25) is 5.91 Å². The van der Waals surface area contributed by atoms with Gasteiger partial charge in [0.15, 0.2) is 5.76 Å². The summed E-state index contributed by atoms with van der Waals surface area (Å²) in [4.78, 5) is 31.2. The molecule has 0 radical (unpaired) electrons. The minimum Gasteiger partial charge on any atom is -0.459 e. The lowest BCUT2D eigenvalue weighted by Crippen LogP contribution is -2.43. The van der Waals surface area contributed by atoms with E-state index in [0.29, 0.717) is 24.7 Å². The van der Waals surface area contributed by atoms with Crippen molar-refractivity contribution in [3.8, 4) is 0 Å². The van der Waals surface area contributed by atoms with Gasteiger partial charge in [-0.3, -0.25) is 9.59 Å². The highest BCUT2D eigenvalue weighted by molar-refractivity contribution is 5.95. The first kappa shape index (κ1) is 16.3. The molecule has 0 aliphatic carbocycles. The molecule has 1 atom stereocenters. The number of aromatic nitrogens is 1. The Kier molecular flexibility index (Phi) is 4.39. The van der Waals surface area contributed by atoms with Crippen molar-refractivity contribution >= 4 is 28.5 Å². The quantitative estimate of drug-likeness (QED) is 0.787. The van der Waals surface area contributed by atoms with Crippen LogP contribution in [0.15, 0.2) is 59.2 Å². The lowest BCUT2D eigenvalue weighted by molar-refractivity contribution is -0.121. The van der Waals surface area contributed by atoms with Crippen LogP contribution in [0, 0.1) is 5.92 Å². The van der Waals surface area contributed by atoms with Crippen LogP contribution in [-0.4, -0.2) is 34.8 Å². The number of carbonyl (C=O) groups excluding carboxylic acids is 2. The van der Waals surface area contributed by atoms with Crippen molar-refractivity contribution in [2.45, 2.75) is 12.8 Å². The summed E-state index contributed by atoms with van der Waals surface area (Å²) in [7, 11) is 0. The predicted octanol–water partition coefficient (Wildman–Crippen LogP) is 3.32. The Hall–Kier alpha value is -3.15. The van der Waals surface area contributed by atoms with Crippen molar-refractivity contribution in [1.29, 1.82) is 0 Å². The number of pyridine rings is 1. The monoisotopic (exact) mass is 349 g/mol. The number of likely N-dealkylation sites (tertiary alicyclic amines) is 1. The highest BCUT2D eigenvalue weighted by Crippen LogP contribution is 2.21. The number of hydrogen-bond donors (Lipinski definition) is 1. The van der Waals surface area contributed by atoms with Gasteiger partial charge in [-0.2, -0.15) is 0 Å². The first-order valence-corrected chi connectivity index (χ1v) is 8.70. The summed E-state index contributed by atoms with van der Waals surface area (Å²) in [6, 6.07) is 14.8. The van der Waals surface area contributed by atoms with Crippen molar-refractivity contribution in [1.82, 2.24) is 9.88 Å². The van der Waals surface area contributed by atoms with Crippen LogP contribution in [0.25, 0.3) is 10.9 Å². The highest BCUT2D eigenvalue weighted by Gasteiger charge is 2.30. The van der Waals surface area contributed by atoms with E-state index in [1.807, 2.05) is 30.3 Å². The molecular weight excluding hydrogens is 330 g/mol. The number of carbonyl (C=O) groups is 2. The molecule has 132 valence electrons. The normalized spacial score (nSPS) is 17.2. The first-order valence-electron chi connectivity index (χ1n) is 8.70. The van der Waals surface area contributed by atoms with Crippen molar-refractivity contribution in [3.63, 3.8) is 0 Å². The van der Waals surface area contributed by atoms with E-state index in [9.17, 15) is 9.59 Å².